The van der Waals surface area contributed by atoms with Crippen LogP contribution in [0, 0.1) is 13.8 Å². The highest BCUT2D eigenvalue weighted by Crippen LogP contribution is 2.18. The molecule has 1 aromatic heterocycles. The van der Waals surface area contributed by atoms with Gasteiger partial charge in [-0.2, -0.15) is 5.10 Å². The second kappa shape index (κ2) is 9.89. The molecule has 0 unspecified atom stereocenters. The van der Waals surface area contributed by atoms with E-state index in [4.69, 9.17) is 0 Å². The van der Waals surface area contributed by atoms with E-state index < -0.39 is 0 Å². The number of hydrogen-bond acceptors (Lipinski definition) is 4. The Kier molecular flexibility index (Phi) is 7.26. The first kappa shape index (κ1) is 22.0. The molecule has 2 aromatic rings. The molecule has 0 atom stereocenters. The number of amides is 2. The third-order valence-electron chi connectivity index (χ3n) is 5.91. The van der Waals surface area contributed by atoms with Gasteiger partial charge >= 0.3 is 0 Å². The van der Waals surface area contributed by atoms with Crippen LogP contribution in [0.2, 0.25) is 0 Å². The maximum Gasteiger partial charge on any atom is 0.257 e. The van der Waals surface area contributed by atoms with Gasteiger partial charge in [-0.3, -0.25) is 19.2 Å². The van der Waals surface area contributed by atoms with Crippen LogP contribution < -0.4 is 0 Å². The Morgan fingerprint density at radius 1 is 1.00 bits per heavy atom. The summed E-state index contributed by atoms with van der Waals surface area (Å²) in [6.07, 6.45) is 0. The number of aryl methyl sites for hydroxylation is 1. The van der Waals surface area contributed by atoms with Crippen molar-refractivity contribution in [1.82, 2.24) is 24.5 Å². The molecule has 0 spiro atoms. The second-order valence-electron chi connectivity index (χ2n) is 7.82. The van der Waals surface area contributed by atoms with E-state index in [2.05, 4.69) is 22.1 Å². The van der Waals surface area contributed by atoms with Crippen LogP contribution in [0.15, 0.2) is 30.3 Å². The summed E-state index contributed by atoms with van der Waals surface area (Å²) in [5, 5.41) is 4.62. The Hall–Kier alpha value is -2.67. The average Bonchev–Trinajstić information content (AvgIpc) is 3.02. The van der Waals surface area contributed by atoms with Crippen LogP contribution in [0.5, 0.6) is 0 Å². The first-order chi connectivity index (χ1) is 14.4. The lowest BCUT2D eigenvalue weighted by atomic mass is 10.1. The lowest BCUT2D eigenvalue weighted by molar-refractivity contribution is -0.132. The Bertz CT molecular complexity index is 865. The number of aromatic nitrogens is 2. The minimum Gasteiger partial charge on any atom is -0.342 e. The summed E-state index contributed by atoms with van der Waals surface area (Å²) >= 11 is 0. The quantitative estimate of drug-likeness (QED) is 0.701. The predicted molar refractivity (Wildman–Crippen MR) is 118 cm³/mol. The van der Waals surface area contributed by atoms with E-state index in [-0.39, 0.29) is 11.8 Å². The van der Waals surface area contributed by atoms with Crippen molar-refractivity contribution in [2.75, 3.05) is 45.8 Å². The van der Waals surface area contributed by atoms with Gasteiger partial charge in [0.15, 0.2) is 0 Å². The monoisotopic (exact) mass is 411 g/mol. The van der Waals surface area contributed by atoms with E-state index in [1.54, 1.807) is 0 Å². The Labute approximate surface area is 179 Å². The van der Waals surface area contributed by atoms with Crippen LogP contribution in [0.3, 0.4) is 0 Å². The molecule has 1 fully saturated rings. The maximum absolute atomic E-state index is 13.2. The van der Waals surface area contributed by atoms with Gasteiger partial charge in [0.25, 0.3) is 5.91 Å². The van der Waals surface area contributed by atoms with E-state index in [0.717, 1.165) is 43.1 Å². The third kappa shape index (κ3) is 4.90. The number of carbonyl (C=O) groups excluding carboxylic acids is 2. The van der Waals surface area contributed by atoms with Gasteiger partial charge in [-0.05, 0) is 33.3 Å². The normalized spacial score (nSPS) is 14.7. The lowest BCUT2D eigenvalue weighted by Crippen LogP contribution is -2.51. The summed E-state index contributed by atoms with van der Waals surface area (Å²) in [5.41, 5.74) is 3.54. The summed E-state index contributed by atoms with van der Waals surface area (Å²) in [6, 6.07) is 10.2. The third-order valence-corrected chi connectivity index (χ3v) is 5.91. The van der Waals surface area contributed by atoms with E-state index in [1.807, 2.05) is 60.4 Å². The molecular formula is C23H33N5O2. The van der Waals surface area contributed by atoms with E-state index in [9.17, 15) is 9.59 Å². The van der Waals surface area contributed by atoms with Crippen molar-refractivity contribution in [3.8, 4) is 0 Å². The van der Waals surface area contributed by atoms with Gasteiger partial charge in [-0.25, -0.2) is 0 Å². The molecule has 2 amide bonds. The van der Waals surface area contributed by atoms with Gasteiger partial charge in [-0.15, -0.1) is 0 Å². The first-order valence-electron chi connectivity index (χ1n) is 10.8. The zero-order valence-electron chi connectivity index (χ0n) is 18.6. The van der Waals surface area contributed by atoms with Gasteiger partial charge in [-0.1, -0.05) is 30.3 Å². The van der Waals surface area contributed by atoms with Crippen molar-refractivity contribution in [3.63, 3.8) is 0 Å². The molecule has 1 aromatic carbocycles. The summed E-state index contributed by atoms with van der Waals surface area (Å²) in [4.78, 5) is 31.4. The fourth-order valence-corrected chi connectivity index (χ4v) is 4.05. The number of nitrogens with zero attached hydrogens (tertiary/aromatic N) is 5. The maximum atomic E-state index is 13.2. The van der Waals surface area contributed by atoms with Crippen molar-refractivity contribution >= 4 is 11.8 Å². The van der Waals surface area contributed by atoms with E-state index >= 15 is 0 Å². The highest BCUT2D eigenvalue weighted by atomic mass is 16.2. The van der Waals surface area contributed by atoms with Gasteiger partial charge in [0, 0.05) is 45.0 Å². The molecule has 162 valence electrons. The fourth-order valence-electron chi connectivity index (χ4n) is 4.05. The number of benzene rings is 1. The minimum atomic E-state index is 0.0408. The number of rotatable bonds is 7. The van der Waals surface area contributed by atoms with Gasteiger partial charge in [0.1, 0.15) is 0 Å². The summed E-state index contributed by atoms with van der Waals surface area (Å²) < 4.78 is 1.91. The van der Waals surface area contributed by atoms with E-state index in [0.29, 0.717) is 31.7 Å². The summed E-state index contributed by atoms with van der Waals surface area (Å²) in [6.45, 7) is 13.1. The molecule has 0 aliphatic carbocycles. The number of carbonyl (C=O) groups is 2. The van der Waals surface area contributed by atoms with Crippen molar-refractivity contribution < 1.29 is 9.59 Å². The topological polar surface area (TPSA) is 61.7 Å². The molecule has 3 rings (SSSR count). The zero-order valence-corrected chi connectivity index (χ0v) is 18.6. The molecule has 2 heterocycles. The Balaban J connectivity index is 1.62. The smallest absolute Gasteiger partial charge is 0.257 e. The second-order valence-corrected chi connectivity index (χ2v) is 7.82. The zero-order chi connectivity index (χ0) is 21.7. The van der Waals surface area contributed by atoms with Crippen LogP contribution in [-0.2, 0) is 11.3 Å². The van der Waals surface area contributed by atoms with Gasteiger partial charge < -0.3 is 9.80 Å². The largest absolute Gasteiger partial charge is 0.342 e. The van der Waals surface area contributed by atoms with Crippen LogP contribution in [0.25, 0.3) is 0 Å². The minimum absolute atomic E-state index is 0.0408. The van der Waals surface area contributed by atoms with Crippen molar-refractivity contribution in [3.05, 3.63) is 52.8 Å². The van der Waals surface area contributed by atoms with Gasteiger partial charge in [0.05, 0.1) is 24.3 Å². The number of likely N-dealkylation sites (N-methyl/N-ethyl adjacent to an activating group) is 1. The van der Waals surface area contributed by atoms with Crippen molar-refractivity contribution in [1.29, 1.82) is 0 Å². The van der Waals surface area contributed by atoms with Gasteiger partial charge in [0.2, 0.25) is 5.91 Å². The molecule has 1 aliphatic heterocycles. The first-order valence-corrected chi connectivity index (χ1v) is 10.8. The fraction of sp³-hybridized carbons (Fsp3) is 0.522. The van der Waals surface area contributed by atoms with Crippen LogP contribution in [0.1, 0.15) is 41.2 Å². The molecule has 0 saturated carbocycles. The molecule has 7 nitrogen and oxygen atoms in total. The molecule has 0 radical (unpaired) electrons. The lowest BCUT2D eigenvalue weighted by Gasteiger charge is -2.35. The summed E-state index contributed by atoms with van der Waals surface area (Å²) in [7, 11) is 0. The molecule has 7 heteroatoms. The molecule has 0 N–H and O–H groups in total. The van der Waals surface area contributed by atoms with Crippen LogP contribution >= 0.6 is 0 Å². The molecule has 30 heavy (non-hydrogen) atoms. The van der Waals surface area contributed by atoms with E-state index in [1.165, 1.54) is 0 Å². The molecule has 1 saturated heterocycles. The predicted octanol–water partition coefficient (Wildman–Crippen LogP) is 2.17. The average molecular weight is 412 g/mol. The molecule has 0 bridgehead atoms. The number of hydrogen-bond donors (Lipinski definition) is 0. The Morgan fingerprint density at radius 3 is 2.23 bits per heavy atom. The standard InChI is InChI=1S/C23H33N5O2/c1-5-26(6-2)21(29)17-25-12-14-27(15-13-25)23(30)22-18(3)24-28(19(22)4)16-20-10-8-7-9-11-20/h7-11H,5-6,12-17H2,1-4H3. The SMILES string of the molecule is CCN(CC)C(=O)CN1CCN(C(=O)c2c(C)nn(Cc3ccccc3)c2C)CC1. The highest BCUT2D eigenvalue weighted by Gasteiger charge is 2.28. The van der Waals surface area contributed by atoms with Crippen molar-refractivity contribution in [2.45, 2.75) is 34.2 Å². The van der Waals surface area contributed by atoms with Crippen molar-refractivity contribution in [2.24, 2.45) is 0 Å². The molecule has 1 aliphatic rings. The number of piperazine rings is 1. The summed E-state index contributed by atoms with van der Waals surface area (Å²) in [5.74, 6) is 0.202. The van der Waals surface area contributed by atoms with Crippen LogP contribution in [0.4, 0.5) is 0 Å². The highest BCUT2D eigenvalue weighted by molar-refractivity contribution is 5.96. The Morgan fingerprint density at radius 2 is 1.63 bits per heavy atom. The molecular weight excluding hydrogens is 378 g/mol. The van der Waals surface area contributed by atoms with Crippen LogP contribution in [-0.4, -0.2) is 82.1 Å².